The van der Waals surface area contributed by atoms with Crippen molar-refractivity contribution < 1.29 is 19.4 Å². The highest BCUT2D eigenvalue weighted by Crippen LogP contribution is 2.19. The molecule has 1 aliphatic heterocycles. The predicted octanol–water partition coefficient (Wildman–Crippen LogP) is 1.79. The second-order valence-electron chi connectivity index (χ2n) is 5.02. The summed E-state index contributed by atoms with van der Waals surface area (Å²) in [6, 6.07) is 7.25. The quantitative estimate of drug-likeness (QED) is 0.898. The number of aliphatic carboxylic acids is 1. The van der Waals surface area contributed by atoms with E-state index in [1.54, 1.807) is 16.7 Å². The number of carboxylic acids is 1. The Hall–Kier alpha value is -1.69. The van der Waals surface area contributed by atoms with Crippen LogP contribution in [0.3, 0.4) is 0 Å². The highest BCUT2D eigenvalue weighted by Gasteiger charge is 2.28. The SMILES string of the molecule is Cc1ccc(OCC(=O)N2CCSCC2CC(=O)O)cc1. The van der Waals surface area contributed by atoms with E-state index >= 15 is 0 Å². The lowest BCUT2D eigenvalue weighted by molar-refractivity contribution is -0.141. The van der Waals surface area contributed by atoms with Gasteiger partial charge >= 0.3 is 5.97 Å². The summed E-state index contributed by atoms with van der Waals surface area (Å²) in [4.78, 5) is 24.7. The van der Waals surface area contributed by atoms with Gasteiger partial charge in [-0.25, -0.2) is 0 Å². The fraction of sp³-hybridized carbons (Fsp3) is 0.467. The molecular weight excluding hydrogens is 290 g/mol. The van der Waals surface area contributed by atoms with Crippen LogP contribution < -0.4 is 4.74 Å². The Kier molecular flexibility index (Phi) is 5.50. The Balaban J connectivity index is 1.91. The molecule has 6 heteroatoms. The number of carbonyl (C=O) groups excluding carboxylic acids is 1. The third-order valence-electron chi connectivity index (χ3n) is 3.34. The van der Waals surface area contributed by atoms with Gasteiger partial charge in [0.2, 0.25) is 0 Å². The van der Waals surface area contributed by atoms with Crippen LogP contribution in [0.4, 0.5) is 0 Å². The second kappa shape index (κ2) is 7.36. The molecule has 2 rings (SSSR count). The van der Waals surface area contributed by atoms with E-state index in [0.29, 0.717) is 18.0 Å². The van der Waals surface area contributed by atoms with Crippen molar-refractivity contribution in [1.82, 2.24) is 4.90 Å². The molecule has 1 atom stereocenters. The number of ether oxygens (including phenoxy) is 1. The Morgan fingerprint density at radius 2 is 2.10 bits per heavy atom. The van der Waals surface area contributed by atoms with Crippen LogP contribution in [0.2, 0.25) is 0 Å². The number of carbonyl (C=O) groups is 2. The van der Waals surface area contributed by atoms with Crippen LogP contribution in [0.15, 0.2) is 24.3 Å². The Morgan fingerprint density at radius 3 is 2.76 bits per heavy atom. The lowest BCUT2D eigenvalue weighted by Gasteiger charge is -2.34. The molecule has 1 amide bonds. The van der Waals surface area contributed by atoms with Gasteiger partial charge in [0.05, 0.1) is 12.5 Å². The Labute approximate surface area is 128 Å². The molecule has 0 spiro atoms. The Bertz CT molecular complexity index is 503. The standard InChI is InChI=1S/C15H19NO4S/c1-11-2-4-13(5-3-11)20-9-14(17)16-6-7-21-10-12(16)8-15(18)19/h2-5,12H,6-10H2,1H3,(H,18,19). The minimum atomic E-state index is -0.875. The van der Waals surface area contributed by atoms with Gasteiger partial charge in [-0.15, -0.1) is 0 Å². The molecule has 1 heterocycles. The van der Waals surface area contributed by atoms with Crippen LogP contribution in [0.25, 0.3) is 0 Å². The average molecular weight is 309 g/mol. The molecule has 1 aliphatic rings. The van der Waals surface area contributed by atoms with E-state index in [1.807, 2.05) is 31.2 Å². The molecule has 1 aromatic rings. The zero-order valence-corrected chi connectivity index (χ0v) is 12.8. The lowest BCUT2D eigenvalue weighted by Crippen LogP contribution is -2.48. The molecule has 21 heavy (non-hydrogen) atoms. The van der Waals surface area contributed by atoms with Gasteiger partial charge in [0.15, 0.2) is 6.61 Å². The summed E-state index contributed by atoms with van der Waals surface area (Å²) in [5.74, 6) is 1.13. The molecule has 114 valence electrons. The van der Waals surface area contributed by atoms with Crippen molar-refractivity contribution >= 4 is 23.6 Å². The van der Waals surface area contributed by atoms with Crippen molar-refractivity contribution in [3.8, 4) is 5.75 Å². The Morgan fingerprint density at radius 1 is 1.38 bits per heavy atom. The normalized spacial score (nSPS) is 18.3. The molecule has 0 radical (unpaired) electrons. The smallest absolute Gasteiger partial charge is 0.305 e. The number of nitrogens with zero attached hydrogens (tertiary/aromatic N) is 1. The van der Waals surface area contributed by atoms with Crippen LogP contribution in [0, 0.1) is 6.92 Å². The van der Waals surface area contributed by atoms with Crippen molar-refractivity contribution in [2.75, 3.05) is 24.7 Å². The molecule has 0 aromatic heterocycles. The first kappa shape index (κ1) is 15.7. The number of hydrogen-bond acceptors (Lipinski definition) is 4. The summed E-state index contributed by atoms with van der Waals surface area (Å²) in [6.07, 6.45) is -0.0106. The molecule has 1 N–H and O–H groups in total. The van der Waals surface area contributed by atoms with E-state index < -0.39 is 5.97 Å². The minimum Gasteiger partial charge on any atom is -0.484 e. The summed E-state index contributed by atoms with van der Waals surface area (Å²) in [6.45, 7) is 2.51. The topological polar surface area (TPSA) is 66.8 Å². The lowest BCUT2D eigenvalue weighted by atomic mass is 10.2. The molecule has 1 saturated heterocycles. The average Bonchev–Trinajstić information content (AvgIpc) is 2.46. The van der Waals surface area contributed by atoms with Crippen molar-refractivity contribution in [1.29, 1.82) is 0 Å². The van der Waals surface area contributed by atoms with Gasteiger partial charge in [0, 0.05) is 18.1 Å². The zero-order valence-electron chi connectivity index (χ0n) is 11.9. The van der Waals surface area contributed by atoms with Crippen LogP contribution in [-0.4, -0.2) is 52.6 Å². The third-order valence-corrected chi connectivity index (χ3v) is 4.43. The third kappa shape index (κ3) is 4.67. The maximum Gasteiger partial charge on any atom is 0.305 e. The van der Waals surface area contributed by atoms with Gasteiger partial charge in [0.25, 0.3) is 5.91 Å². The van der Waals surface area contributed by atoms with E-state index in [-0.39, 0.29) is 25.0 Å². The van der Waals surface area contributed by atoms with Gasteiger partial charge in [-0.3, -0.25) is 9.59 Å². The van der Waals surface area contributed by atoms with Gasteiger partial charge in [-0.05, 0) is 19.1 Å². The van der Waals surface area contributed by atoms with Gasteiger partial charge < -0.3 is 14.7 Å². The molecule has 1 unspecified atom stereocenters. The van der Waals surface area contributed by atoms with Crippen molar-refractivity contribution in [3.63, 3.8) is 0 Å². The van der Waals surface area contributed by atoms with Crippen LogP contribution >= 0.6 is 11.8 Å². The number of rotatable bonds is 5. The largest absolute Gasteiger partial charge is 0.484 e. The van der Waals surface area contributed by atoms with Gasteiger partial charge in [0.1, 0.15) is 5.75 Å². The fourth-order valence-electron chi connectivity index (χ4n) is 2.22. The highest BCUT2D eigenvalue weighted by molar-refractivity contribution is 7.99. The van der Waals surface area contributed by atoms with E-state index in [4.69, 9.17) is 9.84 Å². The maximum atomic E-state index is 12.2. The van der Waals surface area contributed by atoms with E-state index in [1.165, 1.54) is 0 Å². The van der Waals surface area contributed by atoms with Crippen LogP contribution in [0.1, 0.15) is 12.0 Å². The molecule has 0 saturated carbocycles. The summed E-state index contributed by atoms with van der Waals surface area (Å²) in [5, 5.41) is 8.92. The summed E-state index contributed by atoms with van der Waals surface area (Å²) in [7, 11) is 0. The van der Waals surface area contributed by atoms with Gasteiger partial charge in [-0.2, -0.15) is 11.8 Å². The number of amides is 1. The van der Waals surface area contributed by atoms with Crippen molar-refractivity contribution in [2.45, 2.75) is 19.4 Å². The van der Waals surface area contributed by atoms with E-state index in [2.05, 4.69) is 0 Å². The summed E-state index contributed by atoms with van der Waals surface area (Å²) in [5.41, 5.74) is 1.13. The molecule has 0 aliphatic carbocycles. The van der Waals surface area contributed by atoms with E-state index in [0.717, 1.165) is 11.3 Å². The first-order valence-corrected chi connectivity index (χ1v) is 8.00. The van der Waals surface area contributed by atoms with E-state index in [9.17, 15) is 9.59 Å². The second-order valence-corrected chi connectivity index (χ2v) is 6.17. The highest BCUT2D eigenvalue weighted by atomic mass is 32.2. The predicted molar refractivity (Wildman–Crippen MR) is 81.8 cm³/mol. The number of carboxylic acid groups (broad SMARTS) is 1. The number of thioether (sulfide) groups is 1. The minimum absolute atomic E-state index is 0.0106. The monoisotopic (exact) mass is 309 g/mol. The van der Waals surface area contributed by atoms with Crippen molar-refractivity contribution in [3.05, 3.63) is 29.8 Å². The first-order chi connectivity index (χ1) is 10.1. The molecular formula is C15H19NO4S. The maximum absolute atomic E-state index is 12.2. The van der Waals surface area contributed by atoms with Crippen LogP contribution in [-0.2, 0) is 9.59 Å². The fourth-order valence-corrected chi connectivity index (χ4v) is 3.28. The van der Waals surface area contributed by atoms with Gasteiger partial charge in [-0.1, -0.05) is 17.7 Å². The van der Waals surface area contributed by atoms with Crippen LogP contribution in [0.5, 0.6) is 5.75 Å². The summed E-state index contributed by atoms with van der Waals surface area (Å²) < 4.78 is 5.48. The van der Waals surface area contributed by atoms with Crippen molar-refractivity contribution in [2.24, 2.45) is 0 Å². The number of aryl methyl sites for hydroxylation is 1. The molecule has 5 nitrogen and oxygen atoms in total. The zero-order chi connectivity index (χ0) is 15.2. The molecule has 1 aromatic carbocycles. The first-order valence-electron chi connectivity index (χ1n) is 6.85. The number of benzene rings is 1. The number of hydrogen-bond donors (Lipinski definition) is 1. The molecule has 1 fully saturated rings. The summed E-state index contributed by atoms with van der Waals surface area (Å²) >= 11 is 1.68. The molecule has 0 bridgehead atoms.